The number of aromatic nitrogens is 4. The second-order valence-corrected chi connectivity index (χ2v) is 6.67. The summed E-state index contributed by atoms with van der Waals surface area (Å²) in [7, 11) is 0. The lowest BCUT2D eigenvalue weighted by Crippen LogP contribution is -2.19. The Kier molecular flexibility index (Phi) is 5.58. The topological polar surface area (TPSA) is 94.0 Å². The molecule has 0 aliphatic heterocycles. The van der Waals surface area contributed by atoms with Gasteiger partial charge in [-0.1, -0.05) is 23.7 Å². The second-order valence-electron chi connectivity index (χ2n) is 6.27. The van der Waals surface area contributed by atoms with Crippen molar-refractivity contribution in [3.63, 3.8) is 0 Å². The summed E-state index contributed by atoms with van der Waals surface area (Å²) in [6.07, 6.45) is 5.12. The van der Waals surface area contributed by atoms with Crippen LogP contribution in [0.1, 0.15) is 5.82 Å². The molecule has 0 radical (unpaired) electrons. The zero-order valence-corrected chi connectivity index (χ0v) is 16.7. The molecule has 4 rings (SSSR count). The van der Waals surface area contributed by atoms with Gasteiger partial charge in [0.2, 0.25) is 5.88 Å². The summed E-state index contributed by atoms with van der Waals surface area (Å²) in [5, 5.41) is 5.91. The van der Waals surface area contributed by atoms with Crippen LogP contribution < -0.4 is 15.4 Å². The molecule has 0 fully saturated rings. The maximum Gasteiger partial charge on any atom is 0.323 e. The van der Waals surface area contributed by atoms with Gasteiger partial charge < -0.3 is 15.4 Å². The van der Waals surface area contributed by atoms with Crippen LogP contribution in [0.15, 0.2) is 73.3 Å². The molecule has 0 saturated carbocycles. The number of nitrogens with one attached hydrogen (secondary N) is 2. The smallest absolute Gasteiger partial charge is 0.323 e. The highest BCUT2D eigenvalue weighted by atomic mass is 35.5. The Bertz CT molecular complexity index is 1160. The molecule has 2 heterocycles. The van der Waals surface area contributed by atoms with Gasteiger partial charge in [0.25, 0.3) is 0 Å². The van der Waals surface area contributed by atoms with E-state index in [9.17, 15) is 4.79 Å². The van der Waals surface area contributed by atoms with Gasteiger partial charge in [-0.25, -0.2) is 14.8 Å². The number of rotatable bonds is 5. The van der Waals surface area contributed by atoms with E-state index in [0.29, 0.717) is 39.7 Å². The Labute approximate surface area is 177 Å². The number of imidazole rings is 1. The fourth-order valence-corrected chi connectivity index (χ4v) is 2.86. The summed E-state index contributed by atoms with van der Waals surface area (Å²) in [6.45, 7) is 1.79. The number of amides is 2. The number of hydrogen-bond acceptors (Lipinski definition) is 5. The molecule has 0 atom stereocenters. The minimum absolute atomic E-state index is 0.395. The summed E-state index contributed by atoms with van der Waals surface area (Å²) >= 11 is 6.05. The van der Waals surface area contributed by atoms with Crippen LogP contribution in [0.5, 0.6) is 11.6 Å². The molecule has 0 unspecified atom stereocenters. The van der Waals surface area contributed by atoms with Crippen LogP contribution in [0, 0.1) is 6.92 Å². The molecule has 8 nitrogen and oxygen atoms in total. The molecular weight excluding hydrogens is 404 g/mol. The highest BCUT2D eigenvalue weighted by Crippen LogP contribution is 2.24. The van der Waals surface area contributed by atoms with E-state index in [1.54, 1.807) is 84.8 Å². The van der Waals surface area contributed by atoms with Crippen molar-refractivity contribution < 1.29 is 9.53 Å². The highest BCUT2D eigenvalue weighted by molar-refractivity contribution is 6.33. The summed E-state index contributed by atoms with van der Waals surface area (Å²) in [4.78, 5) is 24.9. The molecule has 0 bridgehead atoms. The number of urea groups is 1. The number of hydrogen-bond donors (Lipinski definition) is 2. The molecule has 0 spiro atoms. The number of anilines is 2. The Morgan fingerprint density at radius 2 is 1.87 bits per heavy atom. The van der Waals surface area contributed by atoms with Gasteiger partial charge in [0, 0.05) is 24.1 Å². The molecular formula is C21H17ClN6O2. The molecule has 0 saturated heterocycles. The maximum atomic E-state index is 12.2. The molecule has 30 heavy (non-hydrogen) atoms. The Morgan fingerprint density at radius 3 is 2.60 bits per heavy atom. The van der Waals surface area contributed by atoms with Crippen molar-refractivity contribution in [1.82, 2.24) is 19.5 Å². The van der Waals surface area contributed by atoms with Crippen molar-refractivity contribution in [2.45, 2.75) is 6.92 Å². The third-order valence-electron chi connectivity index (χ3n) is 4.03. The Hall–Kier alpha value is -3.91. The van der Waals surface area contributed by atoms with Crippen LogP contribution in [0.3, 0.4) is 0 Å². The average molecular weight is 421 g/mol. The summed E-state index contributed by atoms with van der Waals surface area (Å²) in [6, 6.07) is 15.3. The van der Waals surface area contributed by atoms with Gasteiger partial charge in [-0.3, -0.25) is 4.57 Å². The van der Waals surface area contributed by atoms with Crippen molar-refractivity contribution in [1.29, 1.82) is 0 Å². The van der Waals surface area contributed by atoms with E-state index in [1.165, 1.54) is 0 Å². The molecule has 0 aliphatic carbocycles. The lowest BCUT2D eigenvalue weighted by atomic mass is 10.3. The number of nitrogens with zero attached hydrogens (tertiary/aromatic N) is 4. The van der Waals surface area contributed by atoms with E-state index in [1.807, 2.05) is 0 Å². The van der Waals surface area contributed by atoms with E-state index in [0.717, 1.165) is 0 Å². The number of aryl methyl sites for hydroxylation is 1. The van der Waals surface area contributed by atoms with Crippen LogP contribution in [-0.4, -0.2) is 25.6 Å². The molecule has 2 N–H and O–H groups in total. The van der Waals surface area contributed by atoms with E-state index in [-0.39, 0.29) is 0 Å². The zero-order valence-electron chi connectivity index (χ0n) is 15.9. The number of carbonyl (C=O) groups excluding carboxylic acids is 1. The van der Waals surface area contributed by atoms with E-state index < -0.39 is 6.03 Å². The number of ether oxygens (including phenoxy) is 1. The molecule has 0 aliphatic rings. The van der Waals surface area contributed by atoms with Crippen LogP contribution in [0.2, 0.25) is 5.02 Å². The number of para-hydroxylation sites is 1. The van der Waals surface area contributed by atoms with Crippen molar-refractivity contribution in [2.75, 3.05) is 10.6 Å². The van der Waals surface area contributed by atoms with Gasteiger partial charge in [-0.05, 0) is 43.3 Å². The summed E-state index contributed by atoms with van der Waals surface area (Å²) in [5.41, 5.74) is 1.13. The molecule has 2 aromatic heterocycles. The predicted octanol–water partition coefficient (Wildman–Crippen LogP) is 5.06. The third kappa shape index (κ3) is 4.73. The highest BCUT2D eigenvalue weighted by Gasteiger charge is 2.08. The van der Waals surface area contributed by atoms with Gasteiger partial charge in [0.15, 0.2) is 0 Å². The summed E-state index contributed by atoms with van der Waals surface area (Å²) < 4.78 is 7.61. The lowest BCUT2D eigenvalue weighted by Gasteiger charge is -2.10. The molecule has 4 aromatic rings. The van der Waals surface area contributed by atoms with Gasteiger partial charge in [0.1, 0.15) is 23.7 Å². The first kappa shape index (κ1) is 19.4. The predicted molar refractivity (Wildman–Crippen MR) is 115 cm³/mol. The fourth-order valence-electron chi connectivity index (χ4n) is 2.68. The molecule has 9 heteroatoms. The lowest BCUT2D eigenvalue weighted by molar-refractivity contribution is 0.262. The maximum absolute atomic E-state index is 12.2. The van der Waals surface area contributed by atoms with Crippen LogP contribution in [0.4, 0.5) is 16.2 Å². The van der Waals surface area contributed by atoms with E-state index in [4.69, 9.17) is 16.3 Å². The van der Waals surface area contributed by atoms with Gasteiger partial charge in [-0.2, -0.15) is 4.98 Å². The number of benzene rings is 2. The van der Waals surface area contributed by atoms with Crippen molar-refractivity contribution in [3.05, 3.63) is 84.2 Å². The first-order chi connectivity index (χ1) is 14.6. The SMILES string of the molecule is Cc1nc(Oc2ccc(NC(=O)Nc3ccccc3Cl)cc2)cc(-n2ccnc2)n1. The molecule has 2 amide bonds. The van der Waals surface area contributed by atoms with Gasteiger partial charge in [-0.15, -0.1) is 0 Å². The first-order valence-electron chi connectivity index (χ1n) is 9.01. The quantitative estimate of drug-likeness (QED) is 0.470. The number of halogens is 1. The second kappa shape index (κ2) is 8.62. The molecule has 150 valence electrons. The van der Waals surface area contributed by atoms with Crippen molar-refractivity contribution >= 4 is 29.0 Å². The van der Waals surface area contributed by atoms with Crippen molar-refractivity contribution in [3.8, 4) is 17.4 Å². The normalized spacial score (nSPS) is 10.5. The van der Waals surface area contributed by atoms with Crippen LogP contribution in [-0.2, 0) is 0 Å². The summed E-state index contributed by atoms with van der Waals surface area (Å²) in [5.74, 6) is 2.21. The molecule has 2 aromatic carbocycles. The fraction of sp³-hybridized carbons (Fsp3) is 0.0476. The standard InChI is InChI=1S/C21H17ClN6O2/c1-14-24-19(28-11-10-23-13-28)12-20(25-14)30-16-8-6-15(7-9-16)26-21(29)27-18-5-3-2-4-17(18)22/h2-13H,1H3,(H2,26,27,29). The minimum atomic E-state index is -0.395. The first-order valence-corrected chi connectivity index (χ1v) is 9.39. The average Bonchev–Trinajstić information content (AvgIpc) is 3.26. The van der Waals surface area contributed by atoms with E-state index in [2.05, 4.69) is 25.6 Å². The van der Waals surface area contributed by atoms with E-state index >= 15 is 0 Å². The largest absolute Gasteiger partial charge is 0.439 e. The van der Waals surface area contributed by atoms with Crippen LogP contribution in [0.25, 0.3) is 5.82 Å². The van der Waals surface area contributed by atoms with Crippen molar-refractivity contribution in [2.24, 2.45) is 0 Å². The Balaban J connectivity index is 1.42. The van der Waals surface area contributed by atoms with Gasteiger partial charge >= 0.3 is 6.03 Å². The monoisotopic (exact) mass is 420 g/mol. The van der Waals surface area contributed by atoms with Gasteiger partial charge in [0.05, 0.1) is 10.7 Å². The number of carbonyl (C=O) groups is 1. The van der Waals surface area contributed by atoms with Crippen LogP contribution >= 0.6 is 11.6 Å². The third-order valence-corrected chi connectivity index (χ3v) is 4.36. The minimum Gasteiger partial charge on any atom is -0.439 e. The zero-order chi connectivity index (χ0) is 20.9. The Morgan fingerprint density at radius 1 is 1.07 bits per heavy atom.